The van der Waals surface area contributed by atoms with Crippen molar-refractivity contribution in [3.63, 3.8) is 0 Å². The largest absolute Gasteiger partial charge is 0.487 e. The molecule has 33 heavy (non-hydrogen) atoms. The third-order valence-electron chi connectivity index (χ3n) is 5.63. The molecule has 3 amide bonds. The van der Waals surface area contributed by atoms with Gasteiger partial charge in [0.25, 0.3) is 5.91 Å². The summed E-state index contributed by atoms with van der Waals surface area (Å²) in [4.78, 5) is 38.1. The van der Waals surface area contributed by atoms with Gasteiger partial charge in [-0.3, -0.25) is 19.7 Å². The van der Waals surface area contributed by atoms with Crippen molar-refractivity contribution in [1.29, 1.82) is 0 Å². The predicted molar refractivity (Wildman–Crippen MR) is 118 cm³/mol. The number of amides is 3. The van der Waals surface area contributed by atoms with Crippen LogP contribution in [0.3, 0.4) is 0 Å². The number of hydrogen-bond donors (Lipinski definition) is 1. The maximum Gasteiger partial charge on any atom is 0.255 e. The molecule has 1 unspecified atom stereocenters. The number of carbonyl (C=O) groups excluding carboxylic acids is 3. The molecule has 1 saturated heterocycles. The molecule has 3 aromatic rings. The van der Waals surface area contributed by atoms with E-state index < -0.39 is 11.9 Å². The van der Waals surface area contributed by atoms with Crippen molar-refractivity contribution < 1.29 is 19.1 Å². The molecule has 2 aliphatic heterocycles. The summed E-state index contributed by atoms with van der Waals surface area (Å²) in [5, 5.41) is 11.3. The summed E-state index contributed by atoms with van der Waals surface area (Å²) in [6.45, 7) is 0.336. The first kappa shape index (κ1) is 21.4. The van der Waals surface area contributed by atoms with Gasteiger partial charge in [0.2, 0.25) is 11.8 Å². The smallest absolute Gasteiger partial charge is 0.255 e. The average molecular weight is 486 g/mol. The number of ether oxygens (including phenoxy) is 1. The SMILES string of the molecule is O=C1CCC(N2Cc3c(OCc4cn(-c5cccc(Cl)c5Cl)nn4)cccc3C2=O)C(=O)N1. The molecule has 1 N–H and O–H groups in total. The number of halogens is 2. The summed E-state index contributed by atoms with van der Waals surface area (Å²) in [6.07, 6.45) is 2.18. The summed E-state index contributed by atoms with van der Waals surface area (Å²) >= 11 is 12.3. The molecule has 11 heteroatoms. The minimum atomic E-state index is -0.683. The lowest BCUT2D eigenvalue weighted by Gasteiger charge is -2.29. The molecule has 0 saturated carbocycles. The zero-order chi connectivity index (χ0) is 23.1. The van der Waals surface area contributed by atoms with Crippen molar-refractivity contribution in [3.8, 4) is 11.4 Å². The fourth-order valence-electron chi connectivity index (χ4n) is 4.00. The number of hydrogen-bond acceptors (Lipinski definition) is 6. The molecule has 0 spiro atoms. The first-order chi connectivity index (χ1) is 15.9. The van der Waals surface area contributed by atoms with E-state index in [1.165, 1.54) is 9.58 Å². The van der Waals surface area contributed by atoms with E-state index in [4.69, 9.17) is 27.9 Å². The number of aromatic nitrogens is 3. The highest BCUT2D eigenvalue weighted by atomic mass is 35.5. The van der Waals surface area contributed by atoms with Crippen molar-refractivity contribution >= 4 is 40.9 Å². The van der Waals surface area contributed by atoms with Crippen LogP contribution in [0.15, 0.2) is 42.6 Å². The Morgan fingerprint density at radius 2 is 1.94 bits per heavy atom. The molecule has 1 atom stereocenters. The minimum Gasteiger partial charge on any atom is -0.487 e. The van der Waals surface area contributed by atoms with Gasteiger partial charge in [-0.2, -0.15) is 0 Å². The minimum absolute atomic E-state index is 0.112. The van der Waals surface area contributed by atoms with Crippen molar-refractivity contribution in [2.24, 2.45) is 0 Å². The second-order valence-corrected chi connectivity index (χ2v) is 8.48. The molecular formula is C22H17Cl2N5O4. The number of benzene rings is 2. The molecular weight excluding hydrogens is 469 g/mol. The standard InChI is InChI=1S/C22H17Cl2N5O4/c23-15-4-2-5-16(20(15)24)29-9-12(26-27-29)11-33-18-6-1-3-13-14(18)10-28(22(13)32)17-7-8-19(30)25-21(17)31/h1-6,9,17H,7-8,10-11H2,(H,25,30,31). The Kier molecular flexibility index (Phi) is 5.51. The van der Waals surface area contributed by atoms with Crippen molar-refractivity contribution in [2.75, 3.05) is 0 Å². The predicted octanol–water partition coefficient (Wildman–Crippen LogP) is 2.91. The highest BCUT2D eigenvalue weighted by Gasteiger charge is 2.40. The van der Waals surface area contributed by atoms with Gasteiger partial charge in [0, 0.05) is 17.5 Å². The van der Waals surface area contributed by atoms with E-state index in [-0.39, 0.29) is 31.4 Å². The Balaban J connectivity index is 1.32. The zero-order valence-corrected chi connectivity index (χ0v) is 18.6. The second kappa shape index (κ2) is 8.49. The van der Waals surface area contributed by atoms with Gasteiger partial charge < -0.3 is 9.64 Å². The molecule has 2 aliphatic rings. The molecule has 168 valence electrons. The number of rotatable bonds is 5. The van der Waals surface area contributed by atoms with E-state index in [1.54, 1.807) is 42.6 Å². The van der Waals surface area contributed by atoms with Gasteiger partial charge in [0.1, 0.15) is 24.1 Å². The maximum atomic E-state index is 12.9. The molecule has 0 bridgehead atoms. The van der Waals surface area contributed by atoms with E-state index in [0.717, 1.165) is 0 Å². The van der Waals surface area contributed by atoms with Crippen LogP contribution in [0.1, 0.15) is 34.5 Å². The van der Waals surface area contributed by atoms with E-state index in [2.05, 4.69) is 15.6 Å². The lowest BCUT2D eigenvalue weighted by Crippen LogP contribution is -2.52. The monoisotopic (exact) mass is 485 g/mol. The number of fused-ring (bicyclic) bond motifs is 1. The van der Waals surface area contributed by atoms with Crippen LogP contribution in [0.5, 0.6) is 5.75 Å². The van der Waals surface area contributed by atoms with E-state index >= 15 is 0 Å². The Labute approximate surface area is 198 Å². The third kappa shape index (κ3) is 3.94. The molecule has 5 rings (SSSR count). The number of piperidine rings is 1. The van der Waals surface area contributed by atoms with Crippen LogP contribution in [-0.4, -0.2) is 43.7 Å². The van der Waals surface area contributed by atoms with Gasteiger partial charge >= 0.3 is 0 Å². The number of nitrogens with zero attached hydrogens (tertiary/aromatic N) is 4. The van der Waals surface area contributed by atoms with Crippen LogP contribution >= 0.6 is 23.2 Å². The quantitative estimate of drug-likeness (QED) is 0.556. The van der Waals surface area contributed by atoms with Crippen molar-refractivity contribution in [2.45, 2.75) is 32.0 Å². The average Bonchev–Trinajstić information content (AvgIpc) is 3.39. The van der Waals surface area contributed by atoms with Crippen molar-refractivity contribution in [3.05, 3.63) is 69.5 Å². The lowest BCUT2D eigenvalue weighted by atomic mass is 10.0. The van der Waals surface area contributed by atoms with Crippen LogP contribution in [0.2, 0.25) is 10.0 Å². The zero-order valence-electron chi connectivity index (χ0n) is 17.1. The van der Waals surface area contributed by atoms with Crippen molar-refractivity contribution in [1.82, 2.24) is 25.2 Å². The summed E-state index contributed by atoms with van der Waals surface area (Å²) in [7, 11) is 0. The molecule has 0 aliphatic carbocycles. The van der Waals surface area contributed by atoms with E-state index in [9.17, 15) is 14.4 Å². The van der Waals surface area contributed by atoms with E-state index in [1.807, 2.05) is 0 Å². The number of nitrogens with one attached hydrogen (secondary N) is 1. The highest BCUT2D eigenvalue weighted by Crippen LogP contribution is 2.34. The first-order valence-electron chi connectivity index (χ1n) is 10.2. The van der Waals surface area contributed by atoms with Gasteiger partial charge in [-0.05, 0) is 30.7 Å². The molecule has 1 fully saturated rings. The van der Waals surface area contributed by atoms with E-state index in [0.29, 0.717) is 44.7 Å². The maximum absolute atomic E-state index is 12.9. The normalized spacial score (nSPS) is 17.8. The molecule has 3 heterocycles. The molecule has 9 nitrogen and oxygen atoms in total. The summed E-state index contributed by atoms with van der Waals surface area (Å²) < 4.78 is 7.47. The van der Waals surface area contributed by atoms with Gasteiger partial charge in [-0.1, -0.05) is 40.5 Å². The van der Waals surface area contributed by atoms with Gasteiger partial charge in [-0.15, -0.1) is 5.10 Å². The second-order valence-electron chi connectivity index (χ2n) is 7.70. The fourth-order valence-corrected chi connectivity index (χ4v) is 4.38. The topological polar surface area (TPSA) is 106 Å². The molecule has 0 radical (unpaired) electrons. The Bertz CT molecular complexity index is 1290. The fraction of sp³-hybridized carbons (Fsp3) is 0.227. The first-order valence-corrected chi connectivity index (χ1v) is 10.9. The molecule has 1 aromatic heterocycles. The van der Waals surface area contributed by atoms with Gasteiger partial charge in [0.15, 0.2) is 0 Å². The summed E-state index contributed by atoms with van der Waals surface area (Å²) in [6, 6.07) is 9.73. The number of imide groups is 1. The Morgan fingerprint density at radius 3 is 2.76 bits per heavy atom. The van der Waals surface area contributed by atoms with Crippen LogP contribution in [0.25, 0.3) is 5.69 Å². The Hall–Kier alpha value is -3.43. The van der Waals surface area contributed by atoms with Gasteiger partial charge in [-0.25, -0.2) is 4.68 Å². The third-order valence-corrected chi connectivity index (χ3v) is 6.44. The van der Waals surface area contributed by atoms with Crippen LogP contribution in [-0.2, 0) is 22.7 Å². The number of carbonyl (C=O) groups is 3. The summed E-state index contributed by atoms with van der Waals surface area (Å²) in [5.74, 6) is -0.514. The van der Waals surface area contributed by atoms with Crippen LogP contribution in [0, 0.1) is 0 Å². The van der Waals surface area contributed by atoms with Crippen LogP contribution in [0.4, 0.5) is 0 Å². The van der Waals surface area contributed by atoms with Crippen LogP contribution < -0.4 is 10.1 Å². The Morgan fingerprint density at radius 1 is 1.12 bits per heavy atom. The molecule has 2 aromatic carbocycles. The van der Waals surface area contributed by atoms with Gasteiger partial charge in [0.05, 0.1) is 28.5 Å². The lowest BCUT2D eigenvalue weighted by molar-refractivity contribution is -0.136. The highest BCUT2D eigenvalue weighted by molar-refractivity contribution is 6.43. The summed E-state index contributed by atoms with van der Waals surface area (Å²) in [5.41, 5.74) is 2.31.